The lowest BCUT2D eigenvalue weighted by atomic mass is 10.2. The first-order valence-electron chi connectivity index (χ1n) is 8.14. The monoisotopic (exact) mass is 426 g/mol. The maximum atomic E-state index is 5.70. The van der Waals surface area contributed by atoms with Crippen molar-refractivity contribution in [3.63, 3.8) is 0 Å². The van der Waals surface area contributed by atoms with Gasteiger partial charge in [0, 0.05) is 5.92 Å². The summed E-state index contributed by atoms with van der Waals surface area (Å²) < 4.78 is 14.0. The minimum absolute atomic E-state index is 0.233. The van der Waals surface area contributed by atoms with Crippen LogP contribution in [0.15, 0.2) is 26.9 Å². The largest absolute Gasteiger partial charge is 0.490 e. The highest BCUT2D eigenvalue weighted by Gasteiger charge is 2.14. The van der Waals surface area contributed by atoms with Crippen LogP contribution in [0.25, 0.3) is 0 Å². The molecule has 0 aliphatic heterocycles. The molecular weight excluding hydrogens is 404 g/mol. The molecular formula is C17H23BrN4O2S. The number of rotatable bonds is 8. The highest BCUT2D eigenvalue weighted by Crippen LogP contribution is 2.36. The summed E-state index contributed by atoms with van der Waals surface area (Å²) in [5.41, 5.74) is 0.897. The first-order chi connectivity index (χ1) is 12.0. The van der Waals surface area contributed by atoms with Crippen molar-refractivity contribution < 1.29 is 9.47 Å². The molecule has 0 aliphatic rings. The van der Waals surface area contributed by atoms with E-state index in [-0.39, 0.29) is 5.92 Å². The topological polar surface area (TPSA) is 61.5 Å². The van der Waals surface area contributed by atoms with Crippen molar-refractivity contribution in [1.29, 1.82) is 0 Å². The van der Waals surface area contributed by atoms with Crippen molar-refractivity contribution >= 4 is 33.9 Å². The summed E-state index contributed by atoms with van der Waals surface area (Å²) in [5, 5.41) is 13.7. The first-order valence-corrected chi connectivity index (χ1v) is 10.2. The Morgan fingerprint density at radius 3 is 2.56 bits per heavy atom. The van der Waals surface area contributed by atoms with E-state index in [1.54, 1.807) is 10.9 Å². The third-order valence-electron chi connectivity index (χ3n) is 3.28. The standard InChI is InChI=1S/C17H23BrN4O2S/c1-6-23-14-9-12(8-13(18)15(14)24-7-2)10-19-22-16(11(3)4)20-21-17(22)25-5/h8-11H,6-7H2,1-5H3/b19-10-. The molecule has 2 rings (SSSR count). The van der Waals surface area contributed by atoms with E-state index in [2.05, 4.69) is 45.1 Å². The average molecular weight is 427 g/mol. The molecule has 1 aromatic heterocycles. The Morgan fingerprint density at radius 1 is 1.24 bits per heavy atom. The van der Waals surface area contributed by atoms with Crippen LogP contribution in [-0.4, -0.2) is 40.6 Å². The third-order valence-corrected chi connectivity index (χ3v) is 4.49. The van der Waals surface area contributed by atoms with Gasteiger partial charge in [0.15, 0.2) is 17.3 Å². The van der Waals surface area contributed by atoms with Crippen LogP contribution in [0.4, 0.5) is 0 Å². The van der Waals surface area contributed by atoms with E-state index in [0.29, 0.717) is 24.7 Å². The number of hydrogen-bond acceptors (Lipinski definition) is 6. The fourth-order valence-electron chi connectivity index (χ4n) is 2.21. The van der Waals surface area contributed by atoms with Crippen LogP contribution in [0.3, 0.4) is 0 Å². The molecule has 0 saturated heterocycles. The summed E-state index contributed by atoms with van der Waals surface area (Å²) in [6, 6.07) is 3.87. The second-order valence-corrected chi connectivity index (χ2v) is 7.08. The van der Waals surface area contributed by atoms with Gasteiger partial charge in [-0.15, -0.1) is 10.2 Å². The van der Waals surface area contributed by atoms with Crippen molar-refractivity contribution in [2.75, 3.05) is 19.5 Å². The van der Waals surface area contributed by atoms with Gasteiger partial charge in [-0.05, 0) is 53.7 Å². The van der Waals surface area contributed by atoms with E-state index < -0.39 is 0 Å². The first kappa shape index (κ1) is 19.8. The lowest BCUT2D eigenvalue weighted by Gasteiger charge is -2.13. The van der Waals surface area contributed by atoms with Crippen molar-refractivity contribution in [3.05, 3.63) is 28.0 Å². The predicted octanol–water partition coefficient (Wildman–Crippen LogP) is 4.57. The van der Waals surface area contributed by atoms with Crippen LogP contribution < -0.4 is 9.47 Å². The molecule has 0 unspecified atom stereocenters. The fourth-order valence-corrected chi connectivity index (χ4v) is 3.22. The Kier molecular flexibility index (Phi) is 7.31. The molecule has 2 aromatic rings. The van der Waals surface area contributed by atoms with Gasteiger partial charge in [-0.2, -0.15) is 9.78 Å². The number of halogens is 1. The summed E-state index contributed by atoms with van der Waals surface area (Å²) in [4.78, 5) is 0. The number of ether oxygens (including phenoxy) is 2. The summed E-state index contributed by atoms with van der Waals surface area (Å²) in [6.45, 7) is 9.16. The fraction of sp³-hybridized carbons (Fsp3) is 0.471. The number of benzene rings is 1. The molecule has 25 heavy (non-hydrogen) atoms. The van der Waals surface area contributed by atoms with Gasteiger partial charge in [0.1, 0.15) is 0 Å². The average Bonchev–Trinajstić information content (AvgIpc) is 2.99. The van der Waals surface area contributed by atoms with Gasteiger partial charge in [0.25, 0.3) is 0 Å². The number of aromatic nitrogens is 3. The van der Waals surface area contributed by atoms with Gasteiger partial charge in [-0.25, -0.2) is 0 Å². The highest BCUT2D eigenvalue weighted by molar-refractivity contribution is 9.10. The molecule has 0 bridgehead atoms. The second-order valence-electron chi connectivity index (χ2n) is 5.45. The zero-order valence-corrected chi connectivity index (χ0v) is 17.5. The van der Waals surface area contributed by atoms with Gasteiger partial charge in [0.05, 0.1) is 23.9 Å². The minimum Gasteiger partial charge on any atom is -0.490 e. The van der Waals surface area contributed by atoms with Crippen LogP contribution in [0, 0.1) is 0 Å². The molecule has 6 nitrogen and oxygen atoms in total. The van der Waals surface area contributed by atoms with Gasteiger partial charge in [-0.1, -0.05) is 25.6 Å². The molecule has 1 aromatic carbocycles. The normalized spacial score (nSPS) is 11.5. The number of hydrogen-bond donors (Lipinski definition) is 0. The van der Waals surface area contributed by atoms with E-state index in [9.17, 15) is 0 Å². The van der Waals surface area contributed by atoms with Gasteiger partial charge < -0.3 is 9.47 Å². The molecule has 0 fully saturated rings. The lowest BCUT2D eigenvalue weighted by molar-refractivity contribution is 0.286. The molecule has 0 atom stereocenters. The number of nitrogens with zero attached hydrogens (tertiary/aromatic N) is 4. The molecule has 8 heteroatoms. The molecule has 0 amide bonds. The highest BCUT2D eigenvalue weighted by atomic mass is 79.9. The van der Waals surface area contributed by atoms with Crippen molar-refractivity contribution in [3.8, 4) is 11.5 Å². The molecule has 0 spiro atoms. The minimum atomic E-state index is 0.233. The maximum Gasteiger partial charge on any atom is 0.211 e. The van der Waals surface area contributed by atoms with Crippen molar-refractivity contribution in [2.24, 2.45) is 5.10 Å². The van der Waals surface area contributed by atoms with Crippen molar-refractivity contribution in [2.45, 2.75) is 38.8 Å². The van der Waals surface area contributed by atoms with Crippen LogP contribution >= 0.6 is 27.7 Å². The Morgan fingerprint density at radius 2 is 1.96 bits per heavy atom. The Bertz CT molecular complexity index is 746. The van der Waals surface area contributed by atoms with E-state index in [1.165, 1.54) is 11.8 Å². The maximum absolute atomic E-state index is 5.70. The molecule has 0 aliphatic carbocycles. The van der Waals surface area contributed by atoms with Crippen LogP contribution in [0.5, 0.6) is 11.5 Å². The second kappa shape index (κ2) is 9.24. The summed E-state index contributed by atoms with van der Waals surface area (Å²) in [7, 11) is 0. The van der Waals surface area contributed by atoms with Crippen LogP contribution in [0.2, 0.25) is 0 Å². The van der Waals surface area contributed by atoms with E-state index in [1.807, 2.05) is 32.2 Å². The summed E-state index contributed by atoms with van der Waals surface area (Å²) in [6.07, 6.45) is 3.73. The summed E-state index contributed by atoms with van der Waals surface area (Å²) in [5.74, 6) is 2.46. The number of thioether (sulfide) groups is 1. The van der Waals surface area contributed by atoms with Crippen LogP contribution in [-0.2, 0) is 0 Å². The molecule has 0 radical (unpaired) electrons. The molecule has 136 valence electrons. The van der Waals surface area contributed by atoms with E-state index in [0.717, 1.165) is 21.0 Å². The van der Waals surface area contributed by atoms with E-state index >= 15 is 0 Å². The van der Waals surface area contributed by atoms with Gasteiger partial charge in [-0.3, -0.25) is 0 Å². The Balaban J connectivity index is 2.40. The zero-order chi connectivity index (χ0) is 18.4. The predicted molar refractivity (Wildman–Crippen MR) is 105 cm³/mol. The van der Waals surface area contributed by atoms with E-state index in [4.69, 9.17) is 9.47 Å². The molecule has 0 N–H and O–H groups in total. The Hall–Kier alpha value is -1.54. The smallest absolute Gasteiger partial charge is 0.211 e. The van der Waals surface area contributed by atoms with Crippen molar-refractivity contribution in [1.82, 2.24) is 14.9 Å². The SMILES string of the molecule is CCOc1cc(/C=N\n2c(SC)nnc2C(C)C)cc(Br)c1OCC. The zero-order valence-electron chi connectivity index (χ0n) is 15.1. The molecule has 0 saturated carbocycles. The summed E-state index contributed by atoms with van der Waals surface area (Å²) >= 11 is 5.07. The third kappa shape index (κ3) is 4.76. The Labute approximate surface area is 161 Å². The van der Waals surface area contributed by atoms with Gasteiger partial charge >= 0.3 is 0 Å². The van der Waals surface area contributed by atoms with Crippen LogP contribution in [0.1, 0.15) is 45.0 Å². The van der Waals surface area contributed by atoms with Gasteiger partial charge in [0.2, 0.25) is 5.16 Å². The molecule has 1 heterocycles. The quantitative estimate of drug-likeness (QED) is 0.456. The lowest BCUT2D eigenvalue weighted by Crippen LogP contribution is -2.03.